The molecule has 1 atom stereocenters. The van der Waals surface area contributed by atoms with E-state index in [4.69, 9.17) is 10.8 Å². The van der Waals surface area contributed by atoms with Gasteiger partial charge < -0.3 is 15.7 Å². The maximum atomic E-state index is 12.0. The number of benzene rings is 1. The summed E-state index contributed by atoms with van der Waals surface area (Å²) >= 11 is 0. The Hall–Kier alpha value is -2.63. The van der Waals surface area contributed by atoms with Crippen molar-refractivity contribution in [3.8, 4) is 0 Å². The Labute approximate surface area is 115 Å². The van der Waals surface area contributed by atoms with Crippen molar-refractivity contribution >= 4 is 17.8 Å². The molecule has 0 aromatic heterocycles. The normalized spacial score (nSPS) is 17.8. The Morgan fingerprint density at radius 1 is 1.20 bits per heavy atom. The summed E-state index contributed by atoms with van der Waals surface area (Å²) in [5, 5.41) is 8.54. The molecule has 0 spiro atoms. The van der Waals surface area contributed by atoms with Crippen molar-refractivity contribution < 1.29 is 19.5 Å². The molecule has 0 aliphatic carbocycles. The van der Waals surface area contributed by atoms with Crippen molar-refractivity contribution in [2.24, 2.45) is 5.73 Å². The molecular weight excluding hydrogens is 260 g/mol. The SMILES string of the molecule is NC(=O)[C@@H]1Cc2ccccc2CN1C(=O)/C=C/C(=O)O. The summed E-state index contributed by atoms with van der Waals surface area (Å²) in [4.78, 5) is 35.2. The van der Waals surface area contributed by atoms with Crippen LogP contribution in [0.1, 0.15) is 11.1 Å². The molecule has 0 radical (unpaired) electrons. The predicted octanol–water partition coefficient (Wildman–Crippen LogP) is 0.0660. The Balaban J connectivity index is 2.29. The van der Waals surface area contributed by atoms with E-state index in [1.807, 2.05) is 24.3 Å². The highest BCUT2D eigenvalue weighted by Crippen LogP contribution is 2.23. The smallest absolute Gasteiger partial charge is 0.328 e. The minimum atomic E-state index is -1.22. The van der Waals surface area contributed by atoms with Gasteiger partial charge in [-0.3, -0.25) is 9.59 Å². The second kappa shape index (κ2) is 5.56. The van der Waals surface area contributed by atoms with Crippen LogP contribution in [0, 0.1) is 0 Å². The zero-order valence-electron chi connectivity index (χ0n) is 10.7. The van der Waals surface area contributed by atoms with E-state index in [0.717, 1.165) is 23.3 Å². The van der Waals surface area contributed by atoms with Gasteiger partial charge in [0.25, 0.3) is 0 Å². The third-order valence-electron chi connectivity index (χ3n) is 3.23. The second-order valence-corrected chi connectivity index (χ2v) is 4.53. The van der Waals surface area contributed by atoms with Gasteiger partial charge in [0, 0.05) is 25.1 Å². The maximum Gasteiger partial charge on any atom is 0.328 e. The molecule has 6 nitrogen and oxygen atoms in total. The maximum absolute atomic E-state index is 12.0. The van der Waals surface area contributed by atoms with Gasteiger partial charge in [0.1, 0.15) is 6.04 Å². The molecule has 0 fully saturated rings. The lowest BCUT2D eigenvalue weighted by Gasteiger charge is -2.34. The number of hydrogen-bond donors (Lipinski definition) is 2. The fourth-order valence-electron chi connectivity index (χ4n) is 2.25. The monoisotopic (exact) mass is 274 g/mol. The quantitative estimate of drug-likeness (QED) is 0.761. The highest BCUT2D eigenvalue weighted by molar-refractivity contribution is 5.96. The summed E-state index contributed by atoms with van der Waals surface area (Å²) in [5.74, 6) is -2.35. The molecule has 2 rings (SSSR count). The molecule has 3 N–H and O–H groups in total. The van der Waals surface area contributed by atoms with E-state index in [0.29, 0.717) is 6.42 Å². The fraction of sp³-hybridized carbons (Fsp3) is 0.214. The molecule has 0 saturated carbocycles. The van der Waals surface area contributed by atoms with Crippen LogP contribution in [0.5, 0.6) is 0 Å². The highest BCUT2D eigenvalue weighted by atomic mass is 16.4. The largest absolute Gasteiger partial charge is 0.478 e. The summed E-state index contributed by atoms with van der Waals surface area (Å²) in [5.41, 5.74) is 7.24. The highest BCUT2D eigenvalue weighted by Gasteiger charge is 2.32. The van der Waals surface area contributed by atoms with Gasteiger partial charge in [-0.05, 0) is 11.1 Å². The van der Waals surface area contributed by atoms with Gasteiger partial charge in [-0.2, -0.15) is 0 Å². The summed E-state index contributed by atoms with van der Waals surface area (Å²) in [6.07, 6.45) is 2.03. The molecule has 1 aromatic rings. The van der Waals surface area contributed by atoms with Gasteiger partial charge >= 0.3 is 5.97 Å². The molecule has 1 heterocycles. The van der Waals surface area contributed by atoms with E-state index in [9.17, 15) is 14.4 Å². The first-order valence-electron chi connectivity index (χ1n) is 6.06. The van der Waals surface area contributed by atoms with Gasteiger partial charge in [0.05, 0.1) is 0 Å². The minimum absolute atomic E-state index is 0.243. The molecule has 2 amide bonds. The number of aliphatic carboxylic acids is 1. The number of carbonyl (C=O) groups excluding carboxylic acids is 2. The summed E-state index contributed by atoms with van der Waals surface area (Å²) in [7, 11) is 0. The third kappa shape index (κ3) is 2.85. The first-order chi connectivity index (χ1) is 9.49. The number of nitrogens with two attached hydrogens (primary N) is 1. The van der Waals surface area contributed by atoms with E-state index in [1.54, 1.807) is 0 Å². The molecule has 0 unspecified atom stereocenters. The lowest BCUT2D eigenvalue weighted by Crippen LogP contribution is -2.50. The van der Waals surface area contributed by atoms with E-state index in [2.05, 4.69) is 0 Å². The zero-order chi connectivity index (χ0) is 14.7. The lowest BCUT2D eigenvalue weighted by atomic mass is 9.93. The number of primary amides is 1. The summed E-state index contributed by atoms with van der Waals surface area (Å²) in [6, 6.07) is 6.71. The number of rotatable bonds is 3. The molecule has 6 heteroatoms. The number of carboxylic acids is 1. The van der Waals surface area contributed by atoms with Gasteiger partial charge in [-0.25, -0.2) is 4.79 Å². The van der Waals surface area contributed by atoms with Crippen LogP contribution in [0.3, 0.4) is 0 Å². The number of carboxylic acid groups (broad SMARTS) is 1. The van der Waals surface area contributed by atoms with E-state index in [1.165, 1.54) is 4.90 Å². The minimum Gasteiger partial charge on any atom is -0.478 e. The molecule has 20 heavy (non-hydrogen) atoms. The van der Waals surface area contributed by atoms with Crippen LogP contribution in [0.25, 0.3) is 0 Å². The van der Waals surface area contributed by atoms with Crippen molar-refractivity contribution in [2.75, 3.05) is 0 Å². The van der Waals surface area contributed by atoms with Gasteiger partial charge in [0.2, 0.25) is 11.8 Å². The van der Waals surface area contributed by atoms with Crippen LogP contribution in [0.2, 0.25) is 0 Å². The number of carbonyl (C=O) groups is 3. The van der Waals surface area contributed by atoms with E-state index < -0.39 is 23.8 Å². The van der Waals surface area contributed by atoms with Crippen LogP contribution in [-0.2, 0) is 27.3 Å². The molecule has 0 saturated heterocycles. The van der Waals surface area contributed by atoms with Crippen LogP contribution >= 0.6 is 0 Å². The van der Waals surface area contributed by atoms with Crippen molar-refractivity contribution in [1.82, 2.24) is 4.90 Å². The van der Waals surface area contributed by atoms with Crippen LogP contribution in [0.4, 0.5) is 0 Å². The standard InChI is InChI=1S/C14H14N2O4/c15-14(20)11-7-9-3-1-2-4-10(9)8-16(11)12(17)5-6-13(18)19/h1-6,11H,7-8H2,(H2,15,20)(H,18,19)/b6-5+/t11-/m0/s1. The fourth-order valence-corrected chi connectivity index (χ4v) is 2.25. The second-order valence-electron chi connectivity index (χ2n) is 4.53. The molecular formula is C14H14N2O4. The van der Waals surface area contributed by atoms with Crippen LogP contribution < -0.4 is 5.73 Å². The van der Waals surface area contributed by atoms with E-state index in [-0.39, 0.29) is 6.54 Å². The number of hydrogen-bond acceptors (Lipinski definition) is 3. The first kappa shape index (κ1) is 13.8. The Morgan fingerprint density at radius 3 is 2.45 bits per heavy atom. The van der Waals surface area contributed by atoms with Gasteiger partial charge in [0.15, 0.2) is 0 Å². The van der Waals surface area contributed by atoms with Crippen LogP contribution in [-0.4, -0.2) is 33.8 Å². The van der Waals surface area contributed by atoms with Crippen molar-refractivity contribution in [3.05, 3.63) is 47.5 Å². The number of fused-ring (bicyclic) bond motifs is 1. The molecule has 104 valence electrons. The Bertz CT molecular complexity index is 595. The molecule has 1 aliphatic heterocycles. The third-order valence-corrected chi connectivity index (χ3v) is 3.23. The van der Waals surface area contributed by atoms with Crippen molar-refractivity contribution in [1.29, 1.82) is 0 Å². The summed E-state index contributed by atoms with van der Waals surface area (Å²) in [6.45, 7) is 0.243. The summed E-state index contributed by atoms with van der Waals surface area (Å²) < 4.78 is 0. The van der Waals surface area contributed by atoms with E-state index >= 15 is 0 Å². The predicted molar refractivity (Wildman–Crippen MR) is 70.5 cm³/mol. The average Bonchev–Trinajstić information content (AvgIpc) is 2.43. The molecule has 0 bridgehead atoms. The Kier molecular flexibility index (Phi) is 3.84. The van der Waals surface area contributed by atoms with Crippen molar-refractivity contribution in [3.63, 3.8) is 0 Å². The lowest BCUT2D eigenvalue weighted by molar-refractivity contribution is -0.137. The molecule has 1 aliphatic rings. The van der Waals surface area contributed by atoms with Crippen molar-refractivity contribution in [2.45, 2.75) is 19.0 Å². The van der Waals surface area contributed by atoms with Gasteiger partial charge in [-0.15, -0.1) is 0 Å². The van der Waals surface area contributed by atoms with Crippen LogP contribution in [0.15, 0.2) is 36.4 Å². The zero-order valence-corrected chi connectivity index (χ0v) is 10.7. The Morgan fingerprint density at radius 2 is 1.85 bits per heavy atom. The number of amides is 2. The molecule has 1 aromatic carbocycles. The van der Waals surface area contributed by atoms with Gasteiger partial charge in [-0.1, -0.05) is 24.3 Å². The first-order valence-corrected chi connectivity index (χ1v) is 6.06. The average molecular weight is 274 g/mol. The topological polar surface area (TPSA) is 101 Å². The number of nitrogens with zero attached hydrogens (tertiary/aromatic N) is 1.